The molecule has 5 heteroatoms. The number of H-pyrrole nitrogens is 1. The van der Waals surface area contributed by atoms with E-state index in [-0.39, 0.29) is 11.3 Å². The predicted octanol–water partition coefficient (Wildman–Crippen LogP) is 4.05. The van der Waals surface area contributed by atoms with Gasteiger partial charge in [0.2, 0.25) is 0 Å². The van der Waals surface area contributed by atoms with Crippen molar-refractivity contribution in [2.45, 2.75) is 6.92 Å². The van der Waals surface area contributed by atoms with E-state index in [1.807, 2.05) is 30.3 Å². The van der Waals surface area contributed by atoms with Crippen LogP contribution in [0.2, 0.25) is 5.02 Å². The van der Waals surface area contributed by atoms with Gasteiger partial charge in [-0.25, -0.2) is 0 Å². The second-order valence-corrected chi connectivity index (χ2v) is 5.38. The average molecular weight is 313 g/mol. The number of hydrogen-bond acceptors (Lipinski definition) is 3. The van der Waals surface area contributed by atoms with Gasteiger partial charge in [0.1, 0.15) is 0 Å². The SMILES string of the molecule is CC(=NO)c1c(-c2ccccc2)c2cc(Cl)ccc2[nH]c1=O. The summed E-state index contributed by atoms with van der Waals surface area (Å²) in [5, 5.41) is 13.7. The Morgan fingerprint density at radius 3 is 2.59 bits per heavy atom. The Balaban J connectivity index is 2.53. The molecule has 1 heterocycles. The fourth-order valence-corrected chi connectivity index (χ4v) is 2.74. The smallest absolute Gasteiger partial charge is 0.258 e. The fraction of sp³-hybridized carbons (Fsp3) is 0.0588. The number of pyridine rings is 1. The first kappa shape index (κ1) is 14.4. The van der Waals surface area contributed by atoms with Crippen LogP contribution in [0.1, 0.15) is 12.5 Å². The van der Waals surface area contributed by atoms with E-state index in [1.165, 1.54) is 0 Å². The van der Waals surface area contributed by atoms with E-state index in [9.17, 15) is 4.79 Å². The highest BCUT2D eigenvalue weighted by Crippen LogP contribution is 2.31. The van der Waals surface area contributed by atoms with Crippen LogP contribution in [0.3, 0.4) is 0 Å². The molecule has 4 nitrogen and oxygen atoms in total. The molecular formula is C17H13ClN2O2. The lowest BCUT2D eigenvalue weighted by atomic mass is 9.94. The van der Waals surface area contributed by atoms with Gasteiger partial charge in [-0.05, 0) is 30.7 Å². The van der Waals surface area contributed by atoms with Crippen molar-refractivity contribution in [3.8, 4) is 11.1 Å². The zero-order valence-corrected chi connectivity index (χ0v) is 12.6. The molecule has 0 atom stereocenters. The first-order valence-corrected chi connectivity index (χ1v) is 7.09. The third-order valence-corrected chi connectivity index (χ3v) is 3.79. The molecule has 0 radical (unpaired) electrons. The molecule has 22 heavy (non-hydrogen) atoms. The number of nitrogens with one attached hydrogen (secondary N) is 1. The summed E-state index contributed by atoms with van der Waals surface area (Å²) in [6.07, 6.45) is 0. The summed E-state index contributed by atoms with van der Waals surface area (Å²) in [6, 6.07) is 14.8. The van der Waals surface area contributed by atoms with Gasteiger partial charge < -0.3 is 10.2 Å². The molecule has 3 aromatic rings. The molecule has 0 spiro atoms. The van der Waals surface area contributed by atoms with Gasteiger partial charge in [0.25, 0.3) is 5.56 Å². The van der Waals surface area contributed by atoms with Gasteiger partial charge in [-0.1, -0.05) is 47.1 Å². The second-order valence-electron chi connectivity index (χ2n) is 4.95. The fourth-order valence-electron chi connectivity index (χ4n) is 2.57. The van der Waals surface area contributed by atoms with Gasteiger partial charge in [0.15, 0.2) is 0 Å². The van der Waals surface area contributed by atoms with Crippen molar-refractivity contribution in [2.24, 2.45) is 5.16 Å². The van der Waals surface area contributed by atoms with Crippen molar-refractivity contribution in [1.82, 2.24) is 4.98 Å². The lowest BCUT2D eigenvalue weighted by Gasteiger charge is -2.12. The van der Waals surface area contributed by atoms with Crippen LogP contribution in [0.5, 0.6) is 0 Å². The third kappa shape index (κ3) is 2.38. The van der Waals surface area contributed by atoms with Crippen LogP contribution in [0, 0.1) is 0 Å². The van der Waals surface area contributed by atoms with E-state index in [0.717, 1.165) is 10.9 Å². The number of oxime groups is 1. The number of rotatable bonds is 2. The minimum Gasteiger partial charge on any atom is -0.411 e. The molecule has 1 aromatic heterocycles. The minimum absolute atomic E-state index is 0.252. The second kappa shape index (κ2) is 5.66. The van der Waals surface area contributed by atoms with Crippen molar-refractivity contribution in [3.63, 3.8) is 0 Å². The van der Waals surface area contributed by atoms with Crippen LogP contribution in [-0.4, -0.2) is 15.9 Å². The van der Waals surface area contributed by atoms with E-state index in [4.69, 9.17) is 16.8 Å². The molecular weight excluding hydrogens is 300 g/mol. The summed E-state index contributed by atoms with van der Waals surface area (Å²) in [5.74, 6) is 0. The number of hydrogen-bond donors (Lipinski definition) is 2. The molecule has 0 saturated carbocycles. The Morgan fingerprint density at radius 1 is 1.18 bits per heavy atom. The molecule has 110 valence electrons. The highest BCUT2D eigenvalue weighted by molar-refractivity contribution is 6.31. The molecule has 0 fully saturated rings. The molecule has 2 aromatic carbocycles. The van der Waals surface area contributed by atoms with E-state index in [0.29, 0.717) is 21.7 Å². The monoisotopic (exact) mass is 312 g/mol. The first-order chi connectivity index (χ1) is 10.6. The summed E-state index contributed by atoms with van der Waals surface area (Å²) < 4.78 is 0. The maximum absolute atomic E-state index is 12.4. The largest absolute Gasteiger partial charge is 0.411 e. The van der Waals surface area contributed by atoms with Crippen molar-refractivity contribution < 1.29 is 5.21 Å². The van der Waals surface area contributed by atoms with Gasteiger partial charge in [0, 0.05) is 21.5 Å². The van der Waals surface area contributed by atoms with Crippen LogP contribution in [0.4, 0.5) is 0 Å². The molecule has 0 aliphatic heterocycles. The summed E-state index contributed by atoms with van der Waals surface area (Å²) in [4.78, 5) is 15.2. The number of fused-ring (bicyclic) bond motifs is 1. The number of halogens is 1. The molecule has 0 aliphatic rings. The molecule has 2 N–H and O–H groups in total. The molecule has 0 saturated heterocycles. The normalized spacial score (nSPS) is 11.8. The Morgan fingerprint density at radius 2 is 1.91 bits per heavy atom. The van der Waals surface area contributed by atoms with Crippen molar-refractivity contribution in [3.05, 3.63) is 69.5 Å². The standard InChI is InChI=1S/C17H13ClN2O2/c1-10(20-22)15-16(11-5-3-2-4-6-11)13-9-12(18)7-8-14(13)19-17(15)21/h2-9,22H,1H3,(H,19,21). The Labute approximate surface area is 131 Å². The van der Waals surface area contributed by atoms with Crippen LogP contribution in [0.25, 0.3) is 22.0 Å². The summed E-state index contributed by atoms with van der Waals surface area (Å²) in [6.45, 7) is 1.59. The van der Waals surface area contributed by atoms with Gasteiger partial charge in [0.05, 0.1) is 11.3 Å². The predicted molar refractivity (Wildman–Crippen MR) is 89.0 cm³/mol. The summed E-state index contributed by atoms with van der Waals surface area (Å²) in [5.41, 5.74) is 2.54. The van der Waals surface area contributed by atoms with Crippen LogP contribution >= 0.6 is 11.6 Å². The van der Waals surface area contributed by atoms with Crippen molar-refractivity contribution in [1.29, 1.82) is 0 Å². The Bertz CT molecular complexity index is 931. The Kier molecular flexibility index (Phi) is 3.69. The highest BCUT2D eigenvalue weighted by atomic mass is 35.5. The number of aromatic amines is 1. The van der Waals surface area contributed by atoms with E-state index in [1.54, 1.807) is 25.1 Å². The number of aromatic nitrogens is 1. The number of benzene rings is 2. The summed E-state index contributed by atoms with van der Waals surface area (Å²) in [7, 11) is 0. The molecule has 0 aliphatic carbocycles. The highest BCUT2D eigenvalue weighted by Gasteiger charge is 2.17. The van der Waals surface area contributed by atoms with E-state index < -0.39 is 0 Å². The van der Waals surface area contributed by atoms with Crippen LogP contribution in [0.15, 0.2) is 58.5 Å². The van der Waals surface area contributed by atoms with Gasteiger partial charge >= 0.3 is 0 Å². The van der Waals surface area contributed by atoms with Crippen molar-refractivity contribution in [2.75, 3.05) is 0 Å². The lowest BCUT2D eigenvalue weighted by Crippen LogP contribution is -2.18. The molecule has 0 unspecified atom stereocenters. The Hall–Kier alpha value is -2.59. The van der Waals surface area contributed by atoms with Crippen molar-refractivity contribution >= 4 is 28.2 Å². The van der Waals surface area contributed by atoms with Crippen LogP contribution in [-0.2, 0) is 0 Å². The number of nitrogens with zero attached hydrogens (tertiary/aromatic N) is 1. The summed E-state index contributed by atoms with van der Waals surface area (Å²) >= 11 is 6.11. The zero-order valence-electron chi connectivity index (χ0n) is 11.8. The first-order valence-electron chi connectivity index (χ1n) is 6.72. The third-order valence-electron chi connectivity index (χ3n) is 3.55. The maximum Gasteiger partial charge on any atom is 0.258 e. The average Bonchev–Trinajstić information content (AvgIpc) is 2.54. The van der Waals surface area contributed by atoms with E-state index >= 15 is 0 Å². The topological polar surface area (TPSA) is 65.5 Å². The van der Waals surface area contributed by atoms with Gasteiger partial charge in [-0.2, -0.15) is 0 Å². The maximum atomic E-state index is 12.4. The van der Waals surface area contributed by atoms with Crippen LogP contribution < -0.4 is 5.56 Å². The molecule has 0 amide bonds. The zero-order chi connectivity index (χ0) is 15.7. The minimum atomic E-state index is -0.302. The molecule has 3 rings (SSSR count). The molecule has 0 bridgehead atoms. The van der Waals surface area contributed by atoms with Gasteiger partial charge in [-0.15, -0.1) is 0 Å². The van der Waals surface area contributed by atoms with E-state index in [2.05, 4.69) is 10.1 Å². The van der Waals surface area contributed by atoms with Gasteiger partial charge in [-0.3, -0.25) is 4.79 Å². The lowest BCUT2D eigenvalue weighted by molar-refractivity contribution is 0.319. The quantitative estimate of drug-likeness (QED) is 0.426.